The Kier molecular flexibility index (Phi) is 5.00. The van der Waals surface area contributed by atoms with E-state index in [1.165, 1.54) is 0 Å². The van der Waals surface area contributed by atoms with E-state index < -0.39 is 0 Å². The van der Waals surface area contributed by atoms with Crippen molar-refractivity contribution in [3.63, 3.8) is 0 Å². The summed E-state index contributed by atoms with van der Waals surface area (Å²) in [5, 5.41) is 14.3. The van der Waals surface area contributed by atoms with Crippen LogP contribution in [0.2, 0.25) is 0 Å². The third-order valence-corrected chi connectivity index (χ3v) is 5.16. The summed E-state index contributed by atoms with van der Waals surface area (Å²) in [6, 6.07) is 9.31. The van der Waals surface area contributed by atoms with Crippen LogP contribution in [0.5, 0.6) is 0 Å². The van der Waals surface area contributed by atoms with Crippen molar-refractivity contribution in [1.82, 2.24) is 0 Å². The summed E-state index contributed by atoms with van der Waals surface area (Å²) in [6.07, 6.45) is 0. The average Bonchev–Trinajstić information content (AvgIpc) is 2.43. The van der Waals surface area contributed by atoms with E-state index in [1.54, 1.807) is 6.07 Å². The Balaban J connectivity index is 2.24. The molecule has 0 fully saturated rings. The number of nitrogens with one attached hydrogen (secondary N) is 1. The van der Waals surface area contributed by atoms with E-state index in [9.17, 15) is 10.1 Å². The van der Waals surface area contributed by atoms with Crippen LogP contribution in [-0.2, 0) is 6.54 Å². The van der Waals surface area contributed by atoms with Crippen LogP contribution >= 0.6 is 31.9 Å². The molecule has 0 amide bonds. The van der Waals surface area contributed by atoms with Crippen LogP contribution < -0.4 is 5.32 Å². The van der Waals surface area contributed by atoms with E-state index in [-0.39, 0.29) is 10.6 Å². The molecule has 21 heavy (non-hydrogen) atoms. The zero-order valence-corrected chi connectivity index (χ0v) is 14.8. The van der Waals surface area contributed by atoms with Crippen LogP contribution in [0.4, 0.5) is 11.4 Å². The van der Waals surface area contributed by atoms with Gasteiger partial charge in [-0.25, -0.2) is 0 Å². The van der Waals surface area contributed by atoms with E-state index in [0.717, 1.165) is 25.6 Å². The molecule has 0 saturated carbocycles. The van der Waals surface area contributed by atoms with E-state index in [2.05, 4.69) is 37.2 Å². The van der Waals surface area contributed by atoms with Gasteiger partial charge in [0.1, 0.15) is 5.69 Å². The maximum atomic E-state index is 11.1. The van der Waals surface area contributed by atoms with Gasteiger partial charge in [0.2, 0.25) is 0 Å². The van der Waals surface area contributed by atoms with Gasteiger partial charge < -0.3 is 5.32 Å². The molecule has 0 aromatic heterocycles. The number of hydrogen-bond donors (Lipinski definition) is 1. The molecule has 6 heteroatoms. The molecular formula is C15H14Br2N2O2. The monoisotopic (exact) mass is 412 g/mol. The zero-order valence-electron chi connectivity index (χ0n) is 11.6. The van der Waals surface area contributed by atoms with Gasteiger partial charge in [0.15, 0.2) is 0 Å². The van der Waals surface area contributed by atoms with Gasteiger partial charge in [0.25, 0.3) is 5.69 Å². The van der Waals surface area contributed by atoms with Crippen LogP contribution in [0.1, 0.15) is 16.7 Å². The van der Waals surface area contributed by atoms with E-state index >= 15 is 0 Å². The van der Waals surface area contributed by atoms with E-state index in [1.807, 2.05) is 38.1 Å². The second-order valence-corrected chi connectivity index (χ2v) is 6.52. The van der Waals surface area contributed by atoms with Gasteiger partial charge in [-0.1, -0.05) is 6.07 Å². The lowest BCUT2D eigenvalue weighted by Crippen LogP contribution is -2.04. The quantitative estimate of drug-likeness (QED) is 0.542. The Morgan fingerprint density at radius 1 is 1.10 bits per heavy atom. The molecule has 0 saturated heterocycles. The third-order valence-electron chi connectivity index (χ3n) is 3.28. The van der Waals surface area contributed by atoms with E-state index in [4.69, 9.17) is 0 Å². The molecule has 0 aliphatic carbocycles. The number of halogens is 2. The lowest BCUT2D eigenvalue weighted by atomic mass is 10.1. The van der Waals surface area contributed by atoms with Crippen molar-refractivity contribution in [3.05, 3.63) is 66.1 Å². The molecule has 0 aliphatic rings. The maximum Gasteiger partial charge on any atom is 0.292 e. The van der Waals surface area contributed by atoms with E-state index in [0.29, 0.717) is 12.2 Å². The summed E-state index contributed by atoms with van der Waals surface area (Å²) < 4.78 is 1.93. The molecule has 0 unspecified atom stereocenters. The molecule has 1 N–H and O–H groups in total. The number of nitro groups is 1. The normalized spacial score (nSPS) is 10.5. The number of hydrogen-bond acceptors (Lipinski definition) is 3. The minimum atomic E-state index is -0.355. The Bertz CT molecular complexity index is 702. The predicted molar refractivity (Wildman–Crippen MR) is 91.7 cm³/mol. The lowest BCUT2D eigenvalue weighted by molar-refractivity contribution is -0.384. The highest BCUT2D eigenvalue weighted by Crippen LogP contribution is 2.29. The zero-order chi connectivity index (χ0) is 15.6. The molecule has 0 heterocycles. The summed E-state index contributed by atoms with van der Waals surface area (Å²) in [5.41, 5.74) is 3.63. The Morgan fingerprint density at radius 3 is 2.38 bits per heavy atom. The third kappa shape index (κ3) is 3.83. The molecule has 4 nitrogen and oxygen atoms in total. The number of nitro benzene ring substituents is 1. The van der Waals surface area contributed by atoms with Gasteiger partial charge in [-0.05, 0) is 80.6 Å². The minimum absolute atomic E-state index is 0.106. The first-order chi connectivity index (χ1) is 9.88. The highest BCUT2D eigenvalue weighted by molar-refractivity contribution is 9.13. The van der Waals surface area contributed by atoms with Crippen molar-refractivity contribution in [3.8, 4) is 0 Å². The van der Waals surface area contributed by atoms with Crippen LogP contribution in [-0.4, -0.2) is 4.92 Å². The van der Waals surface area contributed by atoms with Crippen molar-refractivity contribution in [2.75, 3.05) is 5.32 Å². The molecule has 0 bridgehead atoms. The molecule has 2 rings (SSSR count). The van der Waals surface area contributed by atoms with Crippen LogP contribution in [0.25, 0.3) is 0 Å². The first-order valence-corrected chi connectivity index (χ1v) is 7.90. The van der Waals surface area contributed by atoms with Crippen LogP contribution in [0.3, 0.4) is 0 Å². The summed E-state index contributed by atoms with van der Waals surface area (Å²) in [5.74, 6) is 0. The first kappa shape index (κ1) is 16.0. The molecule has 2 aromatic rings. The topological polar surface area (TPSA) is 55.2 Å². The van der Waals surface area contributed by atoms with Crippen molar-refractivity contribution in [1.29, 1.82) is 0 Å². The van der Waals surface area contributed by atoms with Crippen molar-refractivity contribution in [2.24, 2.45) is 0 Å². The average molecular weight is 414 g/mol. The Labute approximate surface area is 140 Å². The SMILES string of the molecule is Cc1cc(NCc2ccc(Br)c(Br)c2)c([N+](=O)[O-])cc1C. The summed E-state index contributed by atoms with van der Waals surface area (Å²) in [7, 11) is 0. The van der Waals surface area contributed by atoms with Crippen molar-refractivity contribution in [2.45, 2.75) is 20.4 Å². The highest BCUT2D eigenvalue weighted by Gasteiger charge is 2.15. The second kappa shape index (κ2) is 6.58. The molecule has 0 aliphatic heterocycles. The first-order valence-electron chi connectivity index (χ1n) is 6.32. The maximum absolute atomic E-state index is 11.1. The molecule has 0 radical (unpaired) electrons. The van der Waals surface area contributed by atoms with Crippen molar-refractivity contribution < 1.29 is 4.92 Å². The number of anilines is 1. The highest BCUT2D eigenvalue weighted by atomic mass is 79.9. The van der Waals surface area contributed by atoms with Crippen LogP contribution in [0.15, 0.2) is 39.3 Å². The fourth-order valence-corrected chi connectivity index (χ4v) is 2.61. The smallest absolute Gasteiger partial charge is 0.292 e. The minimum Gasteiger partial charge on any atom is -0.375 e. The molecule has 0 spiro atoms. The largest absolute Gasteiger partial charge is 0.375 e. The van der Waals surface area contributed by atoms with Gasteiger partial charge in [0, 0.05) is 21.6 Å². The molecule has 110 valence electrons. The standard InChI is InChI=1S/C15H14Br2N2O2/c1-9-5-14(15(19(20)21)6-10(9)2)18-8-11-3-4-12(16)13(17)7-11/h3-7,18H,8H2,1-2H3. The number of aryl methyl sites for hydroxylation is 2. The summed E-state index contributed by atoms with van der Waals surface area (Å²) in [6.45, 7) is 4.34. The van der Waals surface area contributed by atoms with Crippen LogP contribution in [0, 0.1) is 24.0 Å². The van der Waals surface area contributed by atoms with Gasteiger partial charge in [-0.3, -0.25) is 10.1 Å². The molecule has 0 atom stereocenters. The summed E-state index contributed by atoms with van der Waals surface area (Å²) in [4.78, 5) is 10.8. The van der Waals surface area contributed by atoms with Crippen molar-refractivity contribution >= 4 is 43.2 Å². The fraction of sp³-hybridized carbons (Fsp3) is 0.200. The number of rotatable bonds is 4. The fourth-order valence-electron chi connectivity index (χ4n) is 1.94. The molecular weight excluding hydrogens is 400 g/mol. The lowest BCUT2D eigenvalue weighted by Gasteiger charge is -2.10. The number of benzene rings is 2. The van der Waals surface area contributed by atoms with Gasteiger partial charge in [-0.2, -0.15) is 0 Å². The predicted octanol–water partition coefficient (Wildman–Crippen LogP) is 5.35. The van der Waals surface area contributed by atoms with Gasteiger partial charge in [-0.15, -0.1) is 0 Å². The summed E-state index contributed by atoms with van der Waals surface area (Å²) >= 11 is 6.87. The Hall–Kier alpha value is -1.40. The Morgan fingerprint density at radius 2 is 1.76 bits per heavy atom. The van der Waals surface area contributed by atoms with Gasteiger partial charge in [0.05, 0.1) is 4.92 Å². The second-order valence-electron chi connectivity index (χ2n) is 4.81. The molecule has 2 aromatic carbocycles. The van der Waals surface area contributed by atoms with Gasteiger partial charge >= 0.3 is 0 Å². The number of nitrogens with zero attached hydrogens (tertiary/aromatic N) is 1.